The Hall–Kier alpha value is -1.16. The van der Waals surface area contributed by atoms with Crippen LogP contribution in [0.1, 0.15) is 50.5 Å². The molecule has 2 rings (SSSR count). The van der Waals surface area contributed by atoms with Crippen molar-refractivity contribution in [2.24, 2.45) is 0 Å². The topological polar surface area (TPSA) is 41.1 Å². The van der Waals surface area contributed by atoms with Crippen molar-refractivity contribution in [3.63, 3.8) is 0 Å². The van der Waals surface area contributed by atoms with E-state index in [0.717, 1.165) is 42.9 Å². The number of aromatic nitrogens is 2. The van der Waals surface area contributed by atoms with Crippen LogP contribution in [0.5, 0.6) is 0 Å². The molecular formula is C15H26N4. The second kappa shape index (κ2) is 6.85. The van der Waals surface area contributed by atoms with Crippen molar-refractivity contribution in [1.29, 1.82) is 0 Å². The predicted octanol–water partition coefficient (Wildman–Crippen LogP) is 2.98. The molecule has 0 aromatic carbocycles. The maximum absolute atomic E-state index is 4.62. The zero-order valence-corrected chi connectivity index (χ0v) is 12.4. The van der Waals surface area contributed by atoms with Gasteiger partial charge in [0.1, 0.15) is 11.6 Å². The summed E-state index contributed by atoms with van der Waals surface area (Å²) in [4.78, 5) is 11.6. The first kappa shape index (κ1) is 14.3. The van der Waals surface area contributed by atoms with Crippen molar-refractivity contribution in [2.45, 2.75) is 58.5 Å². The van der Waals surface area contributed by atoms with E-state index < -0.39 is 0 Å². The van der Waals surface area contributed by atoms with E-state index in [1.165, 1.54) is 25.7 Å². The van der Waals surface area contributed by atoms with E-state index in [0.29, 0.717) is 0 Å². The molecule has 1 aromatic rings. The van der Waals surface area contributed by atoms with Gasteiger partial charge in [-0.25, -0.2) is 9.97 Å². The Labute approximate surface area is 116 Å². The minimum absolute atomic E-state index is 0.719. The van der Waals surface area contributed by atoms with E-state index >= 15 is 0 Å². The van der Waals surface area contributed by atoms with Gasteiger partial charge in [0.15, 0.2) is 0 Å². The summed E-state index contributed by atoms with van der Waals surface area (Å²) < 4.78 is 0. The van der Waals surface area contributed by atoms with E-state index in [4.69, 9.17) is 0 Å². The molecule has 4 heteroatoms. The molecule has 0 saturated heterocycles. The molecule has 0 amide bonds. The highest BCUT2D eigenvalue weighted by molar-refractivity contribution is 5.35. The van der Waals surface area contributed by atoms with Gasteiger partial charge in [-0.05, 0) is 33.2 Å². The van der Waals surface area contributed by atoms with E-state index in [1.807, 2.05) is 13.0 Å². The lowest BCUT2D eigenvalue weighted by Crippen LogP contribution is -2.29. The van der Waals surface area contributed by atoms with Crippen molar-refractivity contribution in [3.8, 4) is 0 Å². The van der Waals surface area contributed by atoms with Crippen LogP contribution in [0.3, 0.4) is 0 Å². The Morgan fingerprint density at radius 2 is 2.05 bits per heavy atom. The predicted molar refractivity (Wildman–Crippen MR) is 79.3 cm³/mol. The van der Waals surface area contributed by atoms with Crippen LogP contribution in [0.15, 0.2) is 6.07 Å². The number of hydrogen-bond acceptors (Lipinski definition) is 4. The lowest BCUT2D eigenvalue weighted by Gasteiger charge is -2.23. The zero-order valence-electron chi connectivity index (χ0n) is 12.4. The van der Waals surface area contributed by atoms with E-state index in [9.17, 15) is 0 Å². The van der Waals surface area contributed by atoms with Gasteiger partial charge in [0, 0.05) is 24.3 Å². The largest absolute Gasteiger partial charge is 0.370 e. The molecule has 0 spiro atoms. The average Bonchev–Trinajstić information content (AvgIpc) is 2.89. The molecule has 0 bridgehead atoms. The van der Waals surface area contributed by atoms with Gasteiger partial charge in [0.2, 0.25) is 0 Å². The highest BCUT2D eigenvalue weighted by Gasteiger charge is 2.20. The minimum Gasteiger partial charge on any atom is -0.370 e. The first-order chi connectivity index (χ1) is 9.19. The van der Waals surface area contributed by atoms with Gasteiger partial charge < -0.3 is 5.32 Å². The number of nitrogens with one attached hydrogen (secondary N) is 1. The fraction of sp³-hybridized carbons (Fsp3) is 0.733. The van der Waals surface area contributed by atoms with Crippen LogP contribution in [0, 0.1) is 6.92 Å². The summed E-state index contributed by atoms with van der Waals surface area (Å²) >= 11 is 0. The van der Waals surface area contributed by atoms with Crippen molar-refractivity contribution < 1.29 is 0 Å². The van der Waals surface area contributed by atoms with Gasteiger partial charge in [-0.2, -0.15) is 0 Å². The monoisotopic (exact) mass is 262 g/mol. The Balaban J connectivity index is 2.00. The number of anilines is 1. The van der Waals surface area contributed by atoms with E-state index in [1.54, 1.807) is 0 Å². The molecule has 0 atom stereocenters. The van der Waals surface area contributed by atoms with Gasteiger partial charge in [-0.15, -0.1) is 0 Å². The molecule has 0 unspecified atom stereocenters. The summed E-state index contributed by atoms with van der Waals surface area (Å²) in [7, 11) is 2.20. The van der Waals surface area contributed by atoms with Crippen molar-refractivity contribution >= 4 is 5.82 Å². The normalized spacial score (nSPS) is 16.2. The quantitative estimate of drug-likeness (QED) is 0.855. The van der Waals surface area contributed by atoms with Crippen LogP contribution in [0.2, 0.25) is 0 Å². The summed E-state index contributed by atoms with van der Waals surface area (Å²) in [6.07, 6.45) is 6.49. The number of rotatable bonds is 6. The fourth-order valence-corrected chi connectivity index (χ4v) is 2.74. The summed E-state index contributed by atoms with van der Waals surface area (Å²) in [5.74, 6) is 1.90. The molecule has 4 nitrogen and oxygen atoms in total. The van der Waals surface area contributed by atoms with Crippen LogP contribution < -0.4 is 5.32 Å². The van der Waals surface area contributed by atoms with E-state index in [2.05, 4.69) is 34.2 Å². The van der Waals surface area contributed by atoms with Crippen molar-refractivity contribution in [2.75, 3.05) is 18.9 Å². The lowest BCUT2D eigenvalue weighted by atomic mass is 10.2. The van der Waals surface area contributed by atoms with Crippen molar-refractivity contribution in [1.82, 2.24) is 14.9 Å². The molecule has 1 heterocycles. The Morgan fingerprint density at radius 3 is 2.74 bits per heavy atom. The van der Waals surface area contributed by atoms with Crippen LogP contribution in [0.25, 0.3) is 0 Å². The zero-order chi connectivity index (χ0) is 13.7. The van der Waals surface area contributed by atoms with Crippen LogP contribution in [0.4, 0.5) is 5.82 Å². The fourth-order valence-electron chi connectivity index (χ4n) is 2.74. The average molecular weight is 262 g/mol. The Bertz CT molecular complexity index is 399. The molecule has 1 aliphatic rings. The molecule has 19 heavy (non-hydrogen) atoms. The van der Waals surface area contributed by atoms with Crippen LogP contribution in [-0.2, 0) is 6.54 Å². The molecule has 106 valence electrons. The SMILES string of the molecule is CCCNc1cc(C)nc(CN(C)C2CCCC2)n1. The number of aryl methyl sites for hydroxylation is 1. The molecule has 1 aromatic heterocycles. The lowest BCUT2D eigenvalue weighted by molar-refractivity contribution is 0.232. The molecular weight excluding hydrogens is 236 g/mol. The third kappa shape index (κ3) is 4.16. The van der Waals surface area contributed by atoms with Gasteiger partial charge in [0.25, 0.3) is 0 Å². The molecule has 1 aliphatic carbocycles. The second-order valence-corrected chi connectivity index (χ2v) is 5.59. The smallest absolute Gasteiger partial charge is 0.144 e. The van der Waals surface area contributed by atoms with Gasteiger partial charge in [0.05, 0.1) is 6.54 Å². The van der Waals surface area contributed by atoms with Crippen molar-refractivity contribution in [3.05, 3.63) is 17.6 Å². The molecule has 1 N–H and O–H groups in total. The highest BCUT2D eigenvalue weighted by atomic mass is 15.2. The van der Waals surface area contributed by atoms with Gasteiger partial charge in [-0.1, -0.05) is 19.8 Å². The molecule has 0 aliphatic heterocycles. The molecule has 1 fully saturated rings. The minimum atomic E-state index is 0.719. The number of hydrogen-bond donors (Lipinski definition) is 1. The second-order valence-electron chi connectivity index (χ2n) is 5.59. The molecule has 1 saturated carbocycles. The first-order valence-corrected chi connectivity index (χ1v) is 7.47. The number of nitrogens with zero attached hydrogens (tertiary/aromatic N) is 3. The Morgan fingerprint density at radius 1 is 1.32 bits per heavy atom. The summed E-state index contributed by atoms with van der Waals surface area (Å²) in [6, 6.07) is 2.74. The van der Waals surface area contributed by atoms with Gasteiger partial charge in [-0.3, -0.25) is 4.90 Å². The third-order valence-electron chi connectivity index (χ3n) is 3.80. The van der Waals surface area contributed by atoms with Crippen LogP contribution in [-0.4, -0.2) is 34.5 Å². The maximum Gasteiger partial charge on any atom is 0.144 e. The highest BCUT2D eigenvalue weighted by Crippen LogP contribution is 2.23. The van der Waals surface area contributed by atoms with Crippen LogP contribution >= 0.6 is 0 Å². The first-order valence-electron chi connectivity index (χ1n) is 7.47. The Kier molecular flexibility index (Phi) is 5.14. The summed E-state index contributed by atoms with van der Waals surface area (Å²) in [5.41, 5.74) is 1.04. The standard InChI is InChI=1S/C15H26N4/c1-4-9-16-14-10-12(2)17-15(18-14)11-19(3)13-7-5-6-8-13/h10,13H,4-9,11H2,1-3H3,(H,16,17,18). The summed E-state index contributed by atoms with van der Waals surface area (Å²) in [5, 5.41) is 3.35. The van der Waals surface area contributed by atoms with E-state index in [-0.39, 0.29) is 0 Å². The maximum atomic E-state index is 4.62. The van der Waals surface area contributed by atoms with Gasteiger partial charge >= 0.3 is 0 Å². The third-order valence-corrected chi connectivity index (χ3v) is 3.80. The summed E-state index contributed by atoms with van der Waals surface area (Å²) in [6.45, 7) is 6.02. The molecule has 0 radical (unpaired) electrons.